The molecule has 0 saturated carbocycles. The van der Waals surface area contributed by atoms with Crippen molar-refractivity contribution in [3.05, 3.63) is 41.1 Å². The Morgan fingerprint density at radius 1 is 1.40 bits per heavy atom. The Morgan fingerprint density at radius 3 is 2.75 bits per heavy atom. The topological polar surface area (TPSA) is 53.1 Å². The van der Waals surface area contributed by atoms with Gasteiger partial charge in [-0.1, -0.05) is 6.07 Å². The van der Waals surface area contributed by atoms with Crippen molar-refractivity contribution in [2.24, 2.45) is 12.8 Å². The maximum Gasteiger partial charge on any atom is 0.221 e. The molecule has 0 aliphatic rings. The van der Waals surface area contributed by atoms with Gasteiger partial charge in [0.1, 0.15) is 0 Å². The number of aromatic nitrogens is 2. The van der Waals surface area contributed by atoms with Gasteiger partial charge < -0.3 is 10.5 Å². The van der Waals surface area contributed by atoms with Crippen LogP contribution in [0.15, 0.2) is 18.2 Å². The van der Waals surface area contributed by atoms with Crippen molar-refractivity contribution in [2.75, 3.05) is 0 Å². The van der Waals surface area contributed by atoms with E-state index in [0.29, 0.717) is 12.3 Å². The first-order valence-corrected chi connectivity index (χ1v) is 6.30. The second kappa shape index (κ2) is 5.58. The molecule has 0 aliphatic carbocycles. The van der Waals surface area contributed by atoms with Gasteiger partial charge in [-0.15, -0.1) is 0 Å². The number of hydrogen-bond donors (Lipinski definition) is 1. The van der Waals surface area contributed by atoms with Crippen LogP contribution in [0.5, 0.6) is 11.6 Å². The predicted molar refractivity (Wildman–Crippen MR) is 71.7 cm³/mol. The van der Waals surface area contributed by atoms with Crippen LogP contribution in [0.3, 0.4) is 0 Å². The van der Waals surface area contributed by atoms with E-state index in [1.54, 1.807) is 7.05 Å². The van der Waals surface area contributed by atoms with Gasteiger partial charge in [-0.05, 0) is 32.4 Å². The van der Waals surface area contributed by atoms with E-state index in [1.165, 1.54) is 16.8 Å². The number of nitrogens with two attached hydrogens (primary N) is 1. The number of rotatable bonds is 4. The third-order valence-electron chi connectivity index (χ3n) is 2.94. The fourth-order valence-electron chi connectivity index (χ4n) is 2.03. The van der Waals surface area contributed by atoms with Gasteiger partial charge in [0.2, 0.25) is 11.7 Å². The molecule has 4 nitrogen and oxygen atoms in total. The van der Waals surface area contributed by atoms with E-state index in [-0.39, 0.29) is 11.8 Å². The average molecular weight is 281 g/mol. The molecule has 1 aromatic heterocycles. The van der Waals surface area contributed by atoms with Gasteiger partial charge in [0.05, 0.1) is 5.69 Å². The zero-order valence-electron chi connectivity index (χ0n) is 11.7. The largest absolute Gasteiger partial charge is 0.436 e. The van der Waals surface area contributed by atoms with Crippen molar-refractivity contribution < 1.29 is 13.5 Å². The molecule has 0 amide bonds. The van der Waals surface area contributed by atoms with Crippen LogP contribution in [0.2, 0.25) is 0 Å². The zero-order chi connectivity index (χ0) is 14.9. The van der Waals surface area contributed by atoms with Crippen LogP contribution >= 0.6 is 0 Å². The van der Waals surface area contributed by atoms with Crippen LogP contribution in [0.1, 0.15) is 18.2 Å². The lowest BCUT2D eigenvalue weighted by molar-refractivity contribution is 0.384. The second-order valence-electron chi connectivity index (χ2n) is 4.83. The highest BCUT2D eigenvalue weighted by molar-refractivity contribution is 5.37. The minimum atomic E-state index is -1.02. The number of ether oxygens (including phenoxy) is 1. The highest BCUT2D eigenvalue weighted by Crippen LogP contribution is 2.30. The molecule has 0 fully saturated rings. The van der Waals surface area contributed by atoms with E-state index < -0.39 is 11.6 Å². The average Bonchev–Trinajstić information content (AvgIpc) is 2.61. The summed E-state index contributed by atoms with van der Waals surface area (Å²) >= 11 is 0. The first kappa shape index (κ1) is 14.5. The summed E-state index contributed by atoms with van der Waals surface area (Å²) in [4.78, 5) is 0. The van der Waals surface area contributed by atoms with Gasteiger partial charge in [0.15, 0.2) is 11.6 Å². The number of benzene rings is 1. The quantitative estimate of drug-likeness (QED) is 0.937. The highest BCUT2D eigenvalue weighted by atomic mass is 19.2. The molecule has 1 aromatic carbocycles. The van der Waals surface area contributed by atoms with Crippen molar-refractivity contribution in [2.45, 2.75) is 26.3 Å². The Bertz CT molecular complexity index is 623. The SMILES string of the molecule is Cc1nn(C)c(Oc2cccc(F)c2F)c1CC(C)N. The summed E-state index contributed by atoms with van der Waals surface area (Å²) in [5.41, 5.74) is 7.35. The molecule has 6 heteroatoms. The number of halogens is 2. The van der Waals surface area contributed by atoms with Gasteiger partial charge in [-0.25, -0.2) is 9.07 Å². The van der Waals surface area contributed by atoms with Crippen molar-refractivity contribution in [3.8, 4) is 11.6 Å². The minimum Gasteiger partial charge on any atom is -0.436 e. The molecule has 1 heterocycles. The Kier molecular flexibility index (Phi) is 4.04. The van der Waals surface area contributed by atoms with Crippen LogP contribution < -0.4 is 10.5 Å². The fraction of sp³-hybridized carbons (Fsp3) is 0.357. The van der Waals surface area contributed by atoms with Crippen molar-refractivity contribution in [3.63, 3.8) is 0 Å². The molecular formula is C14H17F2N3O. The molecule has 2 rings (SSSR count). The third-order valence-corrected chi connectivity index (χ3v) is 2.94. The Labute approximate surface area is 116 Å². The van der Waals surface area contributed by atoms with E-state index in [9.17, 15) is 8.78 Å². The molecule has 2 N–H and O–H groups in total. The molecule has 1 atom stereocenters. The maximum absolute atomic E-state index is 13.7. The molecule has 0 saturated heterocycles. The summed E-state index contributed by atoms with van der Waals surface area (Å²) in [6, 6.07) is 3.72. The van der Waals surface area contributed by atoms with Crippen LogP contribution in [-0.2, 0) is 13.5 Å². The maximum atomic E-state index is 13.7. The van der Waals surface area contributed by atoms with E-state index >= 15 is 0 Å². The molecule has 1 unspecified atom stereocenters. The Morgan fingerprint density at radius 2 is 2.10 bits per heavy atom. The summed E-state index contributed by atoms with van der Waals surface area (Å²) in [6.07, 6.45) is 0.548. The lowest BCUT2D eigenvalue weighted by Gasteiger charge is -2.11. The van der Waals surface area contributed by atoms with E-state index in [2.05, 4.69) is 5.10 Å². The first-order chi connectivity index (χ1) is 9.40. The molecule has 0 aliphatic heterocycles. The van der Waals surface area contributed by atoms with E-state index in [4.69, 9.17) is 10.5 Å². The Balaban J connectivity index is 2.40. The standard InChI is InChI=1S/C14H17F2N3O/c1-8(17)7-10-9(2)18-19(3)14(10)20-12-6-4-5-11(15)13(12)16/h4-6,8H,7,17H2,1-3H3. The lowest BCUT2D eigenvalue weighted by atomic mass is 10.1. The van der Waals surface area contributed by atoms with Crippen molar-refractivity contribution in [1.29, 1.82) is 0 Å². The van der Waals surface area contributed by atoms with E-state index in [1.807, 2.05) is 13.8 Å². The normalized spacial score (nSPS) is 12.5. The second-order valence-corrected chi connectivity index (χ2v) is 4.83. The Hall–Kier alpha value is -1.95. The molecule has 20 heavy (non-hydrogen) atoms. The van der Waals surface area contributed by atoms with Crippen molar-refractivity contribution in [1.82, 2.24) is 9.78 Å². The summed E-state index contributed by atoms with van der Waals surface area (Å²) in [5, 5.41) is 4.23. The monoisotopic (exact) mass is 281 g/mol. The smallest absolute Gasteiger partial charge is 0.221 e. The molecule has 108 valence electrons. The number of aryl methyl sites for hydroxylation is 2. The van der Waals surface area contributed by atoms with Gasteiger partial charge in [-0.3, -0.25) is 0 Å². The molecule has 0 spiro atoms. The van der Waals surface area contributed by atoms with Gasteiger partial charge in [0.25, 0.3) is 0 Å². The van der Waals surface area contributed by atoms with Crippen LogP contribution in [0.4, 0.5) is 8.78 Å². The zero-order valence-corrected chi connectivity index (χ0v) is 11.7. The molecular weight excluding hydrogens is 264 g/mol. The predicted octanol–water partition coefficient (Wildman–Crippen LogP) is 2.69. The summed E-state index contributed by atoms with van der Waals surface area (Å²) in [5.74, 6) is -1.75. The summed E-state index contributed by atoms with van der Waals surface area (Å²) in [6.45, 7) is 3.69. The first-order valence-electron chi connectivity index (χ1n) is 6.30. The minimum absolute atomic E-state index is 0.0855. The number of hydrogen-bond acceptors (Lipinski definition) is 3. The fourth-order valence-corrected chi connectivity index (χ4v) is 2.03. The van der Waals surface area contributed by atoms with Gasteiger partial charge >= 0.3 is 0 Å². The summed E-state index contributed by atoms with van der Waals surface area (Å²) < 4.78 is 33.9. The summed E-state index contributed by atoms with van der Waals surface area (Å²) in [7, 11) is 1.68. The number of nitrogens with zero attached hydrogens (tertiary/aromatic N) is 2. The molecule has 2 aromatic rings. The molecule has 0 bridgehead atoms. The van der Waals surface area contributed by atoms with Gasteiger partial charge in [0, 0.05) is 18.7 Å². The molecule has 0 radical (unpaired) electrons. The van der Waals surface area contributed by atoms with Crippen LogP contribution in [0, 0.1) is 18.6 Å². The lowest BCUT2D eigenvalue weighted by Crippen LogP contribution is -2.18. The highest BCUT2D eigenvalue weighted by Gasteiger charge is 2.19. The van der Waals surface area contributed by atoms with Gasteiger partial charge in [-0.2, -0.15) is 9.49 Å². The van der Waals surface area contributed by atoms with E-state index in [0.717, 1.165) is 17.3 Å². The van der Waals surface area contributed by atoms with Crippen LogP contribution in [-0.4, -0.2) is 15.8 Å². The van der Waals surface area contributed by atoms with Crippen molar-refractivity contribution >= 4 is 0 Å². The van der Waals surface area contributed by atoms with Crippen LogP contribution in [0.25, 0.3) is 0 Å². The third kappa shape index (κ3) is 2.80.